The Morgan fingerprint density at radius 2 is 1.48 bits per heavy atom. The van der Waals surface area contributed by atoms with Gasteiger partial charge < -0.3 is 19.3 Å². The summed E-state index contributed by atoms with van der Waals surface area (Å²) in [7, 11) is 4.30. The van der Waals surface area contributed by atoms with Crippen LogP contribution in [0.15, 0.2) is 12.1 Å². The second-order valence-corrected chi connectivity index (χ2v) is 6.19. The summed E-state index contributed by atoms with van der Waals surface area (Å²) in [5.74, 6) is -2.57. The normalized spacial score (nSPS) is 18.9. The molecule has 0 aliphatic heterocycles. The fraction of sp³-hybridized carbons (Fsp3) is 0.500. The first-order chi connectivity index (χ1) is 12.9. The summed E-state index contributed by atoms with van der Waals surface area (Å²) in [6.45, 7) is 0. The Morgan fingerprint density at radius 1 is 0.926 bits per heavy atom. The quantitative estimate of drug-likeness (QED) is 0.637. The molecule has 3 N–H and O–H groups in total. The molecule has 0 radical (unpaired) electrons. The van der Waals surface area contributed by atoms with Crippen molar-refractivity contribution >= 4 is 17.8 Å². The molecule has 27 heavy (non-hydrogen) atoms. The van der Waals surface area contributed by atoms with Crippen LogP contribution < -0.4 is 25.1 Å². The van der Waals surface area contributed by atoms with E-state index in [0.29, 0.717) is 30.1 Å². The molecule has 9 nitrogen and oxygen atoms in total. The Hall–Kier alpha value is -2.97. The Labute approximate surface area is 156 Å². The molecule has 2 rings (SSSR count). The molecule has 1 aliphatic rings. The maximum Gasteiger partial charge on any atom is 0.307 e. The molecule has 1 saturated carbocycles. The van der Waals surface area contributed by atoms with E-state index in [2.05, 4.69) is 10.9 Å². The smallest absolute Gasteiger partial charge is 0.307 e. The Morgan fingerprint density at radius 3 is 1.96 bits per heavy atom. The zero-order chi connectivity index (χ0) is 20.0. The lowest BCUT2D eigenvalue weighted by Crippen LogP contribution is -2.47. The van der Waals surface area contributed by atoms with E-state index >= 15 is 0 Å². The monoisotopic (exact) mass is 380 g/mol. The van der Waals surface area contributed by atoms with Gasteiger partial charge in [0.05, 0.1) is 33.2 Å². The highest BCUT2D eigenvalue weighted by molar-refractivity contribution is 5.97. The Kier molecular flexibility index (Phi) is 6.86. The van der Waals surface area contributed by atoms with Gasteiger partial charge in [0.15, 0.2) is 11.5 Å². The molecule has 1 fully saturated rings. The second kappa shape index (κ2) is 9.11. The molecular formula is C18H24N2O7. The standard InChI is InChI=1S/C18H24N2O7/c1-25-13-8-10(9-14(26-2)15(13)27-3)16(21)19-20-17(22)11-6-4-5-7-12(11)18(23)24/h8-9,11-12H,4-7H2,1-3H3,(H,19,21)(H,20,22)(H,23,24)/t11-,12+/m1/s1. The van der Waals surface area contributed by atoms with Crippen molar-refractivity contribution in [1.82, 2.24) is 10.9 Å². The van der Waals surface area contributed by atoms with Crippen LogP contribution in [0.3, 0.4) is 0 Å². The van der Waals surface area contributed by atoms with Crippen molar-refractivity contribution in [1.29, 1.82) is 0 Å². The summed E-state index contributed by atoms with van der Waals surface area (Å²) in [5, 5.41) is 9.27. The Balaban J connectivity index is 2.09. The van der Waals surface area contributed by atoms with Crippen molar-refractivity contribution in [2.24, 2.45) is 11.8 Å². The first-order valence-corrected chi connectivity index (χ1v) is 8.55. The van der Waals surface area contributed by atoms with E-state index in [1.165, 1.54) is 33.5 Å². The van der Waals surface area contributed by atoms with E-state index in [-0.39, 0.29) is 5.56 Å². The molecule has 0 unspecified atom stereocenters. The molecule has 148 valence electrons. The highest BCUT2D eigenvalue weighted by Gasteiger charge is 2.35. The van der Waals surface area contributed by atoms with Crippen molar-refractivity contribution in [2.75, 3.05) is 21.3 Å². The molecule has 1 aromatic carbocycles. The van der Waals surface area contributed by atoms with Gasteiger partial charge in [0.2, 0.25) is 11.7 Å². The molecule has 1 aliphatic carbocycles. The van der Waals surface area contributed by atoms with Crippen LogP contribution in [0, 0.1) is 11.8 Å². The lowest BCUT2D eigenvalue weighted by molar-refractivity contribution is -0.149. The maximum absolute atomic E-state index is 12.4. The average Bonchev–Trinajstić information content (AvgIpc) is 2.70. The number of hydrogen-bond donors (Lipinski definition) is 3. The third kappa shape index (κ3) is 4.60. The molecule has 9 heteroatoms. The van der Waals surface area contributed by atoms with Crippen LogP contribution in [0.25, 0.3) is 0 Å². The number of methoxy groups -OCH3 is 3. The number of ether oxygens (including phenoxy) is 3. The Bertz CT molecular complexity index is 695. The van der Waals surface area contributed by atoms with Crippen molar-refractivity contribution in [3.05, 3.63) is 17.7 Å². The van der Waals surface area contributed by atoms with Crippen molar-refractivity contribution in [3.8, 4) is 17.2 Å². The van der Waals surface area contributed by atoms with Crippen LogP contribution in [-0.2, 0) is 9.59 Å². The predicted molar refractivity (Wildman–Crippen MR) is 94.8 cm³/mol. The number of carboxylic acid groups (broad SMARTS) is 1. The first-order valence-electron chi connectivity index (χ1n) is 8.55. The minimum absolute atomic E-state index is 0.184. The summed E-state index contributed by atoms with van der Waals surface area (Å²) in [6, 6.07) is 2.90. The number of amides is 2. The van der Waals surface area contributed by atoms with Gasteiger partial charge in [-0.2, -0.15) is 0 Å². The zero-order valence-electron chi connectivity index (χ0n) is 15.5. The van der Waals surface area contributed by atoms with Crippen LogP contribution in [-0.4, -0.2) is 44.2 Å². The molecular weight excluding hydrogens is 356 g/mol. The summed E-state index contributed by atoms with van der Waals surface area (Å²) >= 11 is 0. The van der Waals surface area contributed by atoms with E-state index in [9.17, 15) is 19.5 Å². The van der Waals surface area contributed by atoms with Crippen LogP contribution >= 0.6 is 0 Å². The third-order valence-corrected chi connectivity index (χ3v) is 4.65. The molecule has 0 aromatic heterocycles. The van der Waals surface area contributed by atoms with Crippen LogP contribution in [0.4, 0.5) is 0 Å². The zero-order valence-corrected chi connectivity index (χ0v) is 15.5. The fourth-order valence-corrected chi connectivity index (χ4v) is 3.24. The van der Waals surface area contributed by atoms with Crippen LogP contribution in [0.2, 0.25) is 0 Å². The molecule has 0 bridgehead atoms. The summed E-state index contributed by atoms with van der Waals surface area (Å²) in [4.78, 5) is 36.0. The molecule has 1 aromatic rings. The van der Waals surface area contributed by atoms with Crippen molar-refractivity contribution in [2.45, 2.75) is 25.7 Å². The molecule has 0 spiro atoms. The number of carboxylic acids is 1. The number of aliphatic carboxylic acids is 1. The van der Waals surface area contributed by atoms with E-state index in [1.54, 1.807) is 0 Å². The summed E-state index contributed by atoms with van der Waals surface area (Å²) < 4.78 is 15.6. The van der Waals surface area contributed by atoms with Crippen molar-refractivity contribution < 1.29 is 33.7 Å². The largest absolute Gasteiger partial charge is 0.493 e. The number of hydrazine groups is 1. The maximum atomic E-state index is 12.4. The van der Waals surface area contributed by atoms with E-state index in [0.717, 1.165) is 12.8 Å². The van der Waals surface area contributed by atoms with Gasteiger partial charge in [0.1, 0.15) is 0 Å². The van der Waals surface area contributed by atoms with Crippen LogP contribution in [0.1, 0.15) is 36.0 Å². The number of rotatable bonds is 6. The van der Waals surface area contributed by atoms with Gasteiger partial charge >= 0.3 is 5.97 Å². The lowest BCUT2D eigenvalue weighted by Gasteiger charge is -2.27. The minimum atomic E-state index is -0.995. The lowest BCUT2D eigenvalue weighted by atomic mass is 9.79. The molecule has 2 amide bonds. The third-order valence-electron chi connectivity index (χ3n) is 4.65. The molecule has 2 atom stereocenters. The first kappa shape index (κ1) is 20.3. The number of benzene rings is 1. The minimum Gasteiger partial charge on any atom is -0.493 e. The van der Waals surface area contributed by atoms with Gasteiger partial charge in [-0.1, -0.05) is 12.8 Å². The predicted octanol–water partition coefficient (Wildman–Crippen LogP) is 1.36. The summed E-state index contributed by atoms with van der Waals surface area (Å²) in [6.07, 6.45) is 2.48. The highest BCUT2D eigenvalue weighted by atomic mass is 16.5. The SMILES string of the molecule is COc1cc(C(=O)NNC(=O)[C@@H]2CCCC[C@@H]2C(=O)O)cc(OC)c1OC. The van der Waals surface area contributed by atoms with Crippen molar-refractivity contribution in [3.63, 3.8) is 0 Å². The van der Waals surface area contributed by atoms with Gasteiger partial charge in [0, 0.05) is 5.56 Å². The number of carbonyl (C=O) groups is 3. The van der Waals surface area contributed by atoms with E-state index < -0.39 is 29.6 Å². The van der Waals surface area contributed by atoms with Gasteiger partial charge in [-0.05, 0) is 25.0 Å². The number of nitrogens with one attached hydrogen (secondary N) is 2. The van der Waals surface area contributed by atoms with Gasteiger partial charge in [-0.25, -0.2) is 0 Å². The van der Waals surface area contributed by atoms with Gasteiger partial charge in [0.25, 0.3) is 5.91 Å². The van der Waals surface area contributed by atoms with Crippen LogP contribution in [0.5, 0.6) is 17.2 Å². The van der Waals surface area contributed by atoms with Gasteiger partial charge in [-0.15, -0.1) is 0 Å². The summed E-state index contributed by atoms with van der Waals surface area (Å²) in [5.41, 5.74) is 4.82. The number of carbonyl (C=O) groups excluding carboxylic acids is 2. The number of hydrogen-bond acceptors (Lipinski definition) is 6. The van der Waals surface area contributed by atoms with E-state index in [4.69, 9.17) is 14.2 Å². The highest BCUT2D eigenvalue weighted by Crippen LogP contribution is 2.38. The second-order valence-electron chi connectivity index (χ2n) is 6.19. The molecule has 0 saturated heterocycles. The topological polar surface area (TPSA) is 123 Å². The van der Waals surface area contributed by atoms with E-state index in [1.807, 2.05) is 0 Å². The fourth-order valence-electron chi connectivity index (χ4n) is 3.24. The average molecular weight is 380 g/mol. The van der Waals surface area contributed by atoms with Gasteiger partial charge in [-0.3, -0.25) is 25.2 Å². The molecule has 0 heterocycles.